The van der Waals surface area contributed by atoms with Crippen LogP contribution in [-0.2, 0) is 13.0 Å². The lowest BCUT2D eigenvalue weighted by Crippen LogP contribution is -2.36. The number of halogens is 1. The van der Waals surface area contributed by atoms with Gasteiger partial charge in [0.15, 0.2) is 0 Å². The number of fused-ring (bicyclic) bond motifs is 1. The molecule has 3 N–H and O–H groups in total. The van der Waals surface area contributed by atoms with Crippen LogP contribution < -0.4 is 5.73 Å². The van der Waals surface area contributed by atoms with Crippen LogP contribution in [0.5, 0.6) is 5.75 Å². The van der Waals surface area contributed by atoms with E-state index in [0.717, 1.165) is 16.5 Å². The SMILES string of the molecule is Nc1ccc2c(c1)CN(C(=O)c1ccc(Br)cc1O)CC2. The molecule has 2 aromatic rings. The van der Waals surface area contributed by atoms with Crippen molar-refractivity contribution in [2.24, 2.45) is 0 Å². The number of anilines is 1. The summed E-state index contributed by atoms with van der Waals surface area (Å²) in [6, 6.07) is 10.7. The number of nitrogen functional groups attached to an aromatic ring is 1. The first-order chi connectivity index (χ1) is 10.0. The Morgan fingerprint density at radius 3 is 2.76 bits per heavy atom. The molecule has 0 aromatic heterocycles. The minimum Gasteiger partial charge on any atom is -0.507 e. The number of phenols is 1. The number of aromatic hydroxyl groups is 1. The van der Waals surface area contributed by atoms with E-state index < -0.39 is 0 Å². The molecule has 2 aromatic carbocycles. The average molecular weight is 347 g/mol. The van der Waals surface area contributed by atoms with Crippen LogP contribution >= 0.6 is 15.9 Å². The molecule has 5 heteroatoms. The Bertz CT molecular complexity index is 715. The van der Waals surface area contributed by atoms with Crippen molar-refractivity contribution in [2.45, 2.75) is 13.0 Å². The zero-order valence-electron chi connectivity index (χ0n) is 11.3. The van der Waals surface area contributed by atoms with Gasteiger partial charge >= 0.3 is 0 Å². The molecular formula is C16H15BrN2O2. The van der Waals surface area contributed by atoms with Crippen LogP contribution in [0.15, 0.2) is 40.9 Å². The van der Waals surface area contributed by atoms with Crippen LogP contribution in [0, 0.1) is 0 Å². The molecule has 0 bridgehead atoms. The monoisotopic (exact) mass is 346 g/mol. The lowest BCUT2D eigenvalue weighted by atomic mass is 9.98. The van der Waals surface area contributed by atoms with Gasteiger partial charge < -0.3 is 15.7 Å². The molecule has 4 nitrogen and oxygen atoms in total. The van der Waals surface area contributed by atoms with E-state index in [0.29, 0.717) is 24.3 Å². The van der Waals surface area contributed by atoms with E-state index in [1.54, 1.807) is 17.0 Å². The van der Waals surface area contributed by atoms with Gasteiger partial charge in [-0.2, -0.15) is 0 Å². The molecule has 1 amide bonds. The molecule has 0 radical (unpaired) electrons. The topological polar surface area (TPSA) is 66.6 Å². The number of hydrogen-bond acceptors (Lipinski definition) is 3. The van der Waals surface area contributed by atoms with E-state index in [1.807, 2.05) is 18.2 Å². The molecule has 0 saturated carbocycles. The van der Waals surface area contributed by atoms with Gasteiger partial charge in [0.25, 0.3) is 5.91 Å². The van der Waals surface area contributed by atoms with E-state index in [9.17, 15) is 9.90 Å². The maximum Gasteiger partial charge on any atom is 0.257 e. The number of carbonyl (C=O) groups is 1. The first kappa shape index (κ1) is 13.9. The number of carbonyl (C=O) groups excluding carboxylic acids is 1. The average Bonchev–Trinajstić information content (AvgIpc) is 2.46. The van der Waals surface area contributed by atoms with Gasteiger partial charge in [-0.1, -0.05) is 22.0 Å². The quantitative estimate of drug-likeness (QED) is 0.780. The van der Waals surface area contributed by atoms with Gasteiger partial charge in [-0.15, -0.1) is 0 Å². The molecule has 0 fully saturated rings. The lowest BCUT2D eigenvalue weighted by Gasteiger charge is -2.29. The summed E-state index contributed by atoms with van der Waals surface area (Å²) < 4.78 is 0.744. The summed E-state index contributed by atoms with van der Waals surface area (Å²) in [6.45, 7) is 1.17. The number of nitrogens with two attached hydrogens (primary N) is 1. The predicted molar refractivity (Wildman–Crippen MR) is 85.1 cm³/mol. The Balaban J connectivity index is 1.87. The molecule has 0 aliphatic carbocycles. The summed E-state index contributed by atoms with van der Waals surface area (Å²) in [5, 5.41) is 9.93. The van der Waals surface area contributed by atoms with Crippen LogP contribution in [-0.4, -0.2) is 22.5 Å². The molecule has 1 aliphatic heterocycles. The number of nitrogens with zero attached hydrogens (tertiary/aromatic N) is 1. The zero-order valence-corrected chi connectivity index (χ0v) is 12.9. The third-order valence-electron chi connectivity index (χ3n) is 3.72. The summed E-state index contributed by atoms with van der Waals surface area (Å²) in [5.74, 6) is -0.166. The molecule has 0 saturated heterocycles. The Morgan fingerprint density at radius 2 is 2.00 bits per heavy atom. The number of phenolic OH excluding ortho intramolecular Hbond substituents is 1. The van der Waals surface area contributed by atoms with Gasteiger partial charge in [0.2, 0.25) is 0 Å². The third kappa shape index (κ3) is 2.74. The van der Waals surface area contributed by atoms with E-state index >= 15 is 0 Å². The molecule has 21 heavy (non-hydrogen) atoms. The van der Waals surface area contributed by atoms with Gasteiger partial charge in [-0.3, -0.25) is 4.79 Å². The second-order valence-electron chi connectivity index (χ2n) is 5.17. The van der Waals surface area contributed by atoms with E-state index in [2.05, 4.69) is 15.9 Å². The molecular weight excluding hydrogens is 332 g/mol. The molecule has 108 valence electrons. The highest BCUT2D eigenvalue weighted by Gasteiger charge is 2.23. The number of amides is 1. The van der Waals surface area contributed by atoms with Crippen molar-refractivity contribution in [1.82, 2.24) is 4.90 Å². The van der Waals surface area contributed by atoms with Crippen molar-refractivity contribution in [3.63, 3.8) is 0 Å². The third-order valence-corrected chi connectivity index (χ3v) is 4.21. The second kappa shape index (κ2) is 5.41. The van der Waals surface area contributed by atoms with Crippen molar-refractivity contribution in [3.05, 3.63) is 57.6 Å². The molecule has 0 unspecified atom stereocenters. The summed E-state index contributed by atoms with van der Waals surface area (Å²) in [7, 11) is 0. The Kier molecular flexibility index (Phi) is 3.59. The van der Waals surface area contributed by atoms with Crippen LogP contribution in [0.4, 0.5) is 5.69 Å². The van der Waals surface area contributed by atoms with Crippen molar-refractivity contribution >= 4 is 27.5 Å². The molecule has 0 spiro atoms. The largest absolute Gasteiger partial charge is 0.507 e. The van der Waals surface area contributed by atoms with Crippen LogP contribution in [0.1, 0.15) is 21.5 Å². The molecule has 0 atom stereocenters. The van der Waals surface area contributed by atoms with Crippen LogP contribution in [0.3, 0.4) is 0 Å². The Hall–Kier alpha value is -2.01. The summed E-state index contributed by atoms with van der Waals surface area (Å²) in [5.41, 5.74) is 9.14. The van der Waals surface area contributed by atoms with Gasteiger partial charge in [0.1, 0.15) is 5.75 Å². The Morgan fingerprint density at radius 1 is 1.19 bits per heavy atom. The number of benzene rings is 2. The van der Waals surface area contributed by atoms with E-state index in [4.69, 9.17) is 5.73 Å². The molecule has 1 heterocycles. The minimum absolute atomic E-state index is 0.00672. The van der Waals surface area contributed by atoms with E-state index in [-0.39, 0.29) is 11.7 Å². The fourth-order valence-corrected chi connectivity index (χ4v) is 2.96. The summed E-state index contributed by atoms with van der Waals surface area (Å²) >= 11 is 3.27. The maximum absolute atomic E-state index is 12.5. The standard InChI is InChI=1S/C16H15BrN2O2/c17-12-2-4-14(15(20)8-12)16(21)19-6-5-10-1-3-13(18)7-11(10)9-19/h1-4,7-8,20H,5-6,9,18H2. The summed E-state index contributed by atoms with van der Waals surface area (Å²) in [6.07, 6.45) is 0.804. The summed E-state index contributed by atoms with van der Waals surface area (Å²) in [4.78, 5) is 14.3. The normalized spacial score (nSPS) is 13.9. The van der Waals surface area contributed by atoms with Crippen LogP contribution in [0.2, 0.25) is 0 Å². The van der Waals surface area contributed by atoms with E-state index in [1.165, 1.54) is 11.6 Å². The van der Waals surface area contributed by atoms with Gasteiger partial charge in [0.05, 0.1) is 5.56 Å². The minimum atomic E-state index is -0.159. The second-order valence-corrected chi connectivity index (χ2v) is 6.08. The highest BCUT2D eigenvalue weighted by molar-refractivity contribution is 9.10. The lowest BCUT2D eigenvalue weighted by molar-refractivity contribution is 0.0731. The number of hydrogen-bond donors (Lipinski definition) is 2. The molecule has 3 rings (SSSR count). The van der Waals surface area contributed by atoms with Crippen LogP contribution in [0.25, 0.3) is 0 Å². The van der Waals surface area contributed by atoms with Crippen molar-refractivity contribution in [1.29, 1.82) is 0 Å². The maximum atomic E-state index is 12.5. The first-order valence-electron chi connectivity index (χ1n) is 6.69. The number of rotatable bonds is 1. The van der Waals surface area contributed by atoms with Crippen molar-refractivity contribution in [2.75, 3.05) is 12.3 Å². The Labute approximate surface area is 131 Å². The van der Waals surface area contributed by atoms with Crippen molar-refractivity contribution in [3.8, 4) is 5.75 Å². The van der Waals surface area contributed by atoms with Gasteiger partial charge in [-0.05, 0) is 47.9 Å². The zero-order chi connectivity index (χ0) is 15.0. The first-order valence-corrected chi connectivity index (χ1v) is 7.49. The highest BCUT2D eigenvalue weighted by Crippen LogP contribution is 2.27. The highest BCUT2D eigenvalue weighted by atomic mass is 79.9. The fraction of sp³-hybridized carbons (Fsp3) is 0.188. The van der Waals surface area contributed by atoms with Gasteiger partial charge in [0, 0.05) is 23.2 Å². The fourth-order valence-electron chi connectivity index (χ4n) is 2.61. The van der Waals surface area contributed by atoms with Gasteiger partial charge in [-0.25, -0.2) is 0 Å². The molecule has 1 aliphatic rings. The predicted octanol–water partition coefficient (Wildman–Crippen LogP) is 2.94. The smallest absolute Gasteiger partial charge is 0.257 e. The van der Waals surface area contributed by atoms with Crippen molar-refractivity contribution < 1.29 is 9.90 Å².